The molecule has 0 amide bonds. The number of aliphatic hydroxyl groups is 1. The molecule has 1 aromatic heterocycles. The molecule has 0 saturated carbocycles. The van der Waals surface area contributed by atoms with Crippen LogP contribution < -0.4 is 5.73 Å². The molecule has 82 valence electrons. The Hall–Kier alpha value is -0.970. The van der Waals surface area contributed by atoms with Gasteiger partial charge in [-0.25, -0.2) is 0 Å². The molecule has 15 heavy (non-hydrogen) atoms. The Morgan fingerprint density at radius 1 is 1.47 bits per heavy atom. The molecule has 0 bridgehead atoms. The lowest BCUT2D eigenvalue weighted by Crippen LogP contribution is -2.45. The highest BCUT2D eigenvalue weighted by molar-refractivity contribution is 5.15. The van der Waals surface area contributed by atoms with Gasteiger partial charge in [-0.2, -0.15) is 0 Å². The van der Waals surface area contributed by atoms with E-state index in [0.29, 0.717) is 5.92 Å². The Kier molecular flexibility index (Phi) is 3.30. The topological polar surface area (TPSA) is 62.4 Å². The molecule has 2 heterocycles. The summed E-state index contributed by atoms with van der Waals surface area (Å²) in [6.07, 6.45) is 5.00. The van der Waals surface area contributed by atoms with Crippen LogP contribution in [0.15, 0.2) is 24.5 Å². The van der Waals surface area contributed by atoms with E-state index in [-0.39, 0.29) is 0 Å². The number of aromatic nitrogens is 1. The van der Waals surface area contributed by atoms with Gasteiger partial charge < -0.3 is 5.11 Å². The molecule has 1 aliphatic rings. The zero-order valence-corrected chi connectivity index (χ0v) is 8.71. The highest BCUT2D eigenvalue weighted by atomic mass is 16.3. The molecule has 1 atom stereocenters. The Labute approximate surface area is 89.7 Å². The highest BCUT2D eigenvalue weighted by Crippen LogP contribution is 2.27. The van der Waals surface area contributed by atoms with Gasteiger partial charge in [0, 0.05) is 25.5 Å². The molecule has 1 aliphatic heterocycles. The summed E-state index contributed by atoms with van der Waals surface area (Å²) < 4.78 is 0. The molecule has 1 saturated heterocycles. The first kappa shape index (κ1) is 10.5. The number of piperidine rings is 1. The molecule has 1 aromatic rings. The molecular weight excluding hydrogens is 190 g/mol. The van der Waals surface area contributed by atoms with Gasteiger partial charge in [-0.3, -0.25) is 15.6 Å². The Morgan fingerprint density at radius 3 is 2.73 bits per heavy atom. The van der Waals surface area contributed by atoms with E-state index >= 15 is 0 Å². The van der Waals surface area contributed by atoms with Crippen molar-refractivity contribution in [3.05, 3.63) is 30.1 Å². The van der Waals surface area contributed by atoms with Crippen molar-refractivity contribution in [2.45, 2.75) is 25.1 Å². The van der Waals surface area contributed by atoms with Crippen LogP contribution >= 0.6 is 0 Å². The van der Waals surface area contributed by atoms with Crippen molar-refractivity contribution in [2.75, 3.05) is 13.1 Å². The van der Waals surface area contributed by atoms with Crippen LogP contribution in [0, 0.1) is 0 Å². The monoisotopic (exact) mass is 207 g/mol. The smallest absolute Gasteiger partial charge is 0.160 e. The molecule has 4 nitrogen and oxygen atoms in total. The summed E-state index contributed by atoms with van der Waals surface area (Å²) >= 11 is 0. The predicted molar refractivity (Wildman–Crippen MR) is 58.0 cm³/mol. The second-order valence-corrected chi connectivity index (χ2v) is 4.01. The van der Waals surface area contributed by atoms with Crippen molar-refractivity contribution in [3.8, 4) is 0 Å². The van der Waals surface area contributed by atoms with E-state index in [1.54, 1.807) is 6.20 Å². The largest absolute Gasteiger partial charge is 0.365 e. The van der Waals surface area contributed by atoms with Crippen LogP contribution in [0.1, 0.15) is 24.3 Å². The first-order valence-electron chi connectivity index (χ1n) is 5.35. The van der Waals surface area contributed by atoms with Gasteiger partial charge in [0.05, 0.1) is 0 Å². The fraction of sp³-hybridized carbons (Fsp3) is 0.545. The second kappa shape index (κ2) is 4.70. The molecule has 0 aromatic carbocycles. The van der Waals surface area contributed by atoms with Crippen molar-refractivity contribution >= 4 is 0 Å². The average Bonchev–Trinajstić information content (AvgIpc) is 2.30. The van der Waals surface area contributed by atoms with Crippen LogP contribution in [0.3, 0.4) is 0 Å². The number of hydrogen-bond acceptors (Lipinski definition) is 4. The molecule has 1 fully saturated rings. The van der Waals surface area contributed by atoms with Crippen molar-refractivity contribution < 1.29 is 5.11 Å². The number of nitrogens with two attached hydrogens (primary N) is 1. The molecule has 0 spiro atoms. The summed E-state index contributed by atoms with van der Waals surface area (Å²) in [6.45, 7) is 1.72. The van der Waals surface area contributed by atoms with E-state index < -0.39 is 6.35 Å². The Morgan fingerprint density at radius 2 is 2.20 bits per heavy atom. The number of hydrogen-bond donors (Lipinski definition) is 2. The number of pyridine rings is 1. The van der Waals surface area contributed by atoms with Crippen molar-refractivity contribution in [1.29, 1.82) is 0 Å². The van der Waals surface area contributed by atoms with Crippen molar-refractivity contribution in [1.82, 2.24) is 9.88 Å². The van der Waals surface area contributed by atoms with Crippen LogP contribution in [0.2, 0.25) is 0 Å². The molecule has 0 aliphatic carbocycles. The van der Waals surface area contributed by atoms with Crippen LogP contribution in [-0.4, -0.2) is 34.4 Å². The van der Waals surface area contributed by atoms with Gasteiger partial charge in [-0.15, -0.1) is 0 Å². The van der Waals surface area contributed by atoms with Crippen LogP contribution in [0.25, 0.3) is 0 Å². The lowest BCUT2D eigenvalue weighted by molar-refractivity contribution is -0.00602. The minimum absolute atomic E-state index is 0.564. The van der Waals surface area contributed by atoms with E-state index in [9.17, 15) is 5.11 Å². The lowest BCUT2D eigenvalue weighted by atomic mass is 9.91. The zero-order valence-electron chi connectivity index (χ0n) is 8.71. The first-order chi connectivity index (χ1) is 7.27. The van der Waals surface area contributed by atoms with Gasteiger partial charge in [0.15, 0.2) is 6.35 Å². The molecule has 4 heteroatoms. The summed E-state index contributed by atoms with van der Waals surface area (Å²) in [5, 5.41) is 9.23. The third-order valence-corrected chi connectivity index (χ3v) is 3.06. The SMILES string of the molecule is NC(O)N1CCC(c2cccnc2)CC1. The third-order valence-electron chi connectivity index (χ3n) is 3.06. The van der Waals surface area contributed by atoms with Gasteiger partial charge in [0.1, 0.15) is 0 Å². The summed E-state index contributed by atoms with van der Waals surface area (Å²) in [5.41, 5.74) is 6.72. The third kappa shape index (κ3) is 2.53. The molecule has 3 N–H and O–H groups in total. The standard InChI is InChI=1S/C11H17N3O/c12-11(15)14-6-3-9(4-7-14)10-2-1-5-13-8-10/h1-2,5,8-9,11,15H,3-4,6-7,12H2. The minimum Gasteiger partial charge on any atom is -0.365 e. The summed E-state index contributed by atoms with van der Waals surface area (Å²) in [5.74, 6) is 0.564. The highest BCUT2D eigenvalue weighted by Gasteiger charge is 2.22. The van der Waals surface area contributed by atoms with Gasteiger partial charge in [0.25, 0.3) is 0 Å². The van der Waals surface area contributed by atoms with E-state index in [0.717, 1.165) is 25.9 Å². The van der Waals surface area contributed by atoms with E-state index in [1.807, 2.05) is 17.2 Å². The Balaban J connectivity index is 1.94. The van der Waals surface area contributed by atoms with E-state index in [4.69, 9.17) is 5.73 Å². The first-order valence-corrected chi connectivity index (χ1v) is 5.35. The van der Waals surface area contributed by atoms with E-state index in [2.05, 4.69) is 11.1 Å². The zero-order chi connectivity index (χ0) is 10.7. The minimum atomic E-state index is -0.806. The normalized spacial score (nSPS) is 21.5. The van der Waals surface area contributed by atoms with Crippen LogP contribution in [0.4, 0.5) is 0 Å². The average molecular weight is 207 g/mol. The summed E-state index contributed by atoms with van der Waals surface area (Å²) in [6, 6.07) is 4.09. The lowest BCUT2D eigenvalue weighted by Gasteiger charge is -2.33. The quantitative estimate of drug-likeness (QED) is 0.693. The maximum absolute atomic E-state index is 9.23. The number of aliphatic hydroxyl groups excluding tert-OH is 1. The fourth-order valence-corrected chi connectivity index (χ4v) is 2.11. The van der Waals surface area contributed by atoms with Gasteiger partial charge in [-0.05, 0) is 30.4 Å². The summed E-state index contributed by atoms with van der Waals surface area (Å²) in [7, 11) is 0. The number of likely N-dealkylation sites (tertiary alicyclic amines) is 1. The van der Waals surface area contributed by atoms with Crippen LogP contribution in [0.5, 0.6) is 0 Å². The maximum atomic E-state index is 9.23. The maximum Gasteiger partial charge on any atom is 0.160 e. The fourth-order valence-electron chi connectivity index (χ4n) is 2.11. The Bertz CT molecular complexity index is 294. The van der Waals surface area contributed by atoms with E-state index in [1.165, 1.54) is 5.56 Å². The second-order valence-electron chi connectivity index (χ2n) is 4.01. The van der Waals surface area contributed by atoms with Gasteiger partial charge in [-0.1, -0.05) is 6.07 Å². The van der Waals surface area contributed by atoms with Gasteiger partial charge in [0.2, 0.25) is 0 Å². The summed E-state index contributed by atoms with van der Waals surface area (Å²) in [4.78, 5) is 6.02. The molecular formula is C11H17N3O. The predicted octanol–water partition coefficient (Wildman–Crippen LogP) is 0.496. The van der Waals surface area contributed by atoms with Gasteiger partial charge >= 0.3 is 0 Å². The number of nitrogens with zero attached hydrogens (tertiary/aromatic N) is 2. The molecule has 0 radical (unpaired) electrons. The van der Waals surface area contributed by atoms with Crippen molar-refractivity contribution in [3.63, 3.8) is 0 Å². The molecule has 1 unspecified atom stereocenters. The molecule has 2 rings (SSSR count). The van der Waals surface area contributed by atoms with Crippen LogP contribution in [-0.2, 0) is 0 Å². The van der Waals surface area contributed by atoms with Crippen molar-refractivity contribution in [2.24, 2.45) is 5.73 Å². The number of rotatable bonds is 2.